The fourth-order valence-electron chi connectivity index (χ4n) is 3.15. The summed E-state index contributed by atoms with van der Waals surface area (Å²) < 4.78 is 37.7. The van der Waals surface area contributed by atoms with Crippen LogP contribution in [0.1, 0.15) is 23.2 Å². The van der Waals surface area contributed by atoms with Crippen molar-refractivity contribution in [3.8, 4) is 11.6 Å². The molecule has 0 spiro atoms. The lowest BCUT2D eigenvalue weighted by molar-refractivity contribution is -0.129. The van der Waals surface area contributed by atoms with Crippen LogP contribution in [-0.4, -0.2) is 48.9 Å². The van der Waals surface area contributed by atoms with E-state index in [1.54, 1.807) is 18.2 Å². The molecule has 0 radical (unpaired) electrons. The number of carbonyl (C=O) groups is 2. The van der Waals surface area contributed by atoms with Crippen LogP contribution in [0.4, 0.5) is 8.78 Å². The van der Waals surface area contributed by atoms with Gasteiger partial charge < -0.3 is 20.5 Å². The van der Waals surface area contributed by atoms with E-state index in [2.05, 4.69) is 10.3 Å². The molecule has 9 heteroatoms. The predicted octanol–water partition coefficient (Wildman–Crippen LogP) is 1.68. The Bertz CT molecular complexity index is 892. The minimum Gasteiger partial charge on any atom is -0.496 e. The lowest BCUT2D eigenvalue weighted by Gasteiger charge is -2.15. The van der Waals surface area contributed by atoms with E-state index in [4.69, 9.17) is 15.2 Å². The van der Waals surface area contributed by atoms with Gasteiger partial charge in [-0.15, -0.1) is 0 Å². The maximum atomic E-state index is 14.4. The number of ether oxygens (including phenoxy) is 2. The smallest absolute Gasteiger partial charge is 0.258 e. The van der Waals surface area contributed by atoms with Crippen molar-refractivity contribution < 1.29 is 27.8 Å². The molecule has 1 fully saturated rings. The Morgan fingerprint density at radius 1 is 1.48 bits per heavy atom. The number of halogens is 2. The molecule has 2 heterocycles. The van der Waals surface area contributed by atoms with Crippen LogP contribution in [0.2, 0.25) is 0 Å². The second-order valence-corrected chi connectivity index (χ2v) is 6.34. The van der Waals surface area contributed by atoms with Crippen LogP contribution < -0.4 is 20.5 Å². The number of fused-ring (bicyclic) bond motifs is 1. The second-order valence-electron chi connectivity index (χ2n) is 6.34. The number of amides is 2. The molecular formula is C18H19F2N3O4. The minimum absolute atomic E-state index is 0.0320. The average molecular weight is 379 g/mol. The molecule has 27 heavy (non-hydrogen) atoms. The number of benzene rings is 1. The highest BCUT2D eigenvalue weighted by molar-refractivity contribution is 6.01. The Morgan fingerprint density at radius 2 is 2.26 bits per heavy atom. The van der Waals surface area contributed by atoms with Gasteiger partial charge in [-0.1, -0.05) is 0 Å². The topological polar surface area (TPSA) is 104 Å². The first-order chi connectivity index (χ1) is 12.9. The summed E-state index contributed by atoms with van der Waals surface area (Å²) in [5.41, 5.74) is 3.36. The summed E-state index contributed by atoms with van der Waals surface area (Å²) in [6, 6.07) is 4.22. The van der Waals surface area contributed by atoms with E-state index in [0.717, 1.165) is 0 Å². The van der Waals surface area contributed by atoms with E-state index < -0.39 is 36.6 Å². The SMILES string of the molecule is COc1cc2c(OCC3C[C@@](F)(CCF)C(=O)N3)nccc2cc1C(N)=O. The van der Waals surface area contributed by atoms with E-state index in [1.165, 1.54) is 13.3 Å². The van der Waals surface area contributed by atoms with Crippen molar-refractivity contribution >= 4 is 22.6 Å². The molecule has 3 N–H and O–H groups in total. The third-order valence-electron chi connectivity index (χ3n) is 4.54. The van der Waals surface area contributed by atoms with Crippen LogP contribution in [0.5, 0.6) is 11.6 Å². The molecule has 2 amide bonds. The second kappa shape index (κ2) is 7.34. The summed E-state index contributed by atoms with van der Waals surface area (Å²) in [5, 5.41) is 3.70. The molecule has 0 bridgehead atoms. The Morgan fingerprint density at radius 3 is 2.93 bits per heavy atom. The molecule has 0 saturated carbocycles. The first kappa shape index (κ1) is 18.8. The highest BCUT2D eigenvalue weighted by Crippen LogP contribution is 2.32. The van der Waals surface area contributed by atoms with Crippen LogP contribution in [0, 0.1) is 0 Å². The molecule has 1 aromatic carbocycles. The van der Waals surface area contributed by atoms with Gasteiger partial charge in [0, 0.05) is 24.4 Å². The number of rotatable bonds is 7. The summed E-state index contributed by atoms with van der Waals surface area (Å²) in [4.78, 5) is 27.4. The van der Waals surface area contributed by atoms with Gasteiger partial charge in [0.25, 0.3) is 11.8 Å². The molecule has 1 aliphatic rings. The van der Waals surface area contributed by atoms with Gasteiger partial charge in [-0.25, -0.2) is 9.37 Å². The number of hydrogen-bond acceptors (Lipinski definition) is 5. The number of aromatic nitrogens is 1. The van der Waals surface area contributed by atoms with Crippen LogP contribution in [0.25, 0.3) is 10.8 Å². The number of pyridine rings is 1. The van der Waals surface area contributed by atoms with Gasteiger partial charge in [0.15, 0.2) is 5.67 Å². The van der Waals surface area contributed by atoms with Crippen molar-refractivity contribution in [2.45, 2.75) is 24.6 Å². The van der Waals surface area contributed by atoms with Gasteiger partial charge >= 0.3 is 0 Å². The lowest BCUT2D eigenvalue weighted by atomic mass is 9.98. The first-order valence-electron chi connectivity index (χ1n) is 8.33. The van der Waals surface area contributed by atoms with E-state index in [1.807, 2.05) is 0 Å². The maximum Gasteiger partial charge on any atom is 0.258 e. The molecule has 1 aromatic heterocycles. The first-order valence-corrected chi connectivity index (χ1v) is 8.33. The number of nitrogens with zero attached hydrogens (tertiary/aromatic N) is 1. The standard InChI is InChI=1S/C18H19F2N3O4/c1-26-14-7-12-10(6-13(14)15(21)24)2-5-22-16(12)27-9-11-8-18(20,3-4-19)17(25)23-11/h2,5-7,11H,3-4,8-9H2,1H3,(H2,21,24)(H,23,25)/t11?,18-/m0/s1. The molecule has 0 aliphatic carbocycles. The number of nitrogens with two attached hydrogens (primary N) is 1. The van der Waals surface area contributed by atoms with Crippen LogP contribution in [-0.2, 0) is 4.79 Å². The Balaban J connectivity index is 1.82. The van der Waals surface area contributed by atoms with Crippen LogP contribution >= 0.6 is 0 Å². The molecule has 2 aromatic rings. The highest BCUT2D eigenvalue weighted by Gasteiger charge is 2.47. The average Bonchev–Trinajstić information content (AvgIpc) is 2.92. The van der Waals surface area contributed by atoms with Crippen LogP contribution in [0.15, 0.2) is 24.4 Å². The van der Waals surface area contributed by atoms with Gasteiger partial charge in [-0.05, 0) is 23.6 Å². The zero-order valence-corrected chi connectivity index (χ0v) is 14.6. The normalized spacial score (nSPS) is 21.9. The molecule has 7 nitrogen and oxygen atoms in total. The predicted molar refractivity (Wildman–Crippen MR) is 93.3 cm³/mol. The zero-order chi connectivity index (χ0) is 19.6. The number of primary amides is 1. The van der Waals surface area contributed by atoms with Crippen molar-refractivity contribution in [3.05, 3.63) is 30.0 Å². The van der Waals surface area contributed by atoms with E-state index in [0.29, 0.717) is 10.8 Å². The summed E-state index contributed by atoms with van der Waals surface area (Å²) in [7, 11) is 1.41. The largest absolute Gasteiger partial charge is 0.496 e. The van der Waals surface area contributed by atoms with Gasteiger partial charge in [0.2, 0.25) is 5.88 Å². The summed E-state index contributed by atoms with van der Waals surface area (Å²) in [6.07, 6.45) is 0.843. The summed E-state index contributed by atoms with van der Waals surface area (Å²) in [6.45, 7) is -0.944. The van der Waals surface area contributed by atoms with Gasteiger partial charge in [-0.2, -0.15) is 0 Å². The Labute approximate surface area is 153 Å². The summed E-state index contributed by atoms with van der Waals surface area (Å²) >= 11 is 0. The molecule has 2 atom stereocenters. The fourth-order valence-corrected chi connectivity index (χ4v) is 3.15. The zero-order valence-electron chi connectivity index (χ0n) is 14.6. The quantitative estimate of drug-likeness (QED) is 0.762. The molecule has 1 saturated heterocycles. The van der Waals surface area contributed by atoms with Gasteiger partial charge in [0.05, 0.1) is 25.4 Å². The van der Waals surface area contributed by atoms with Crippen molar-refractivity contribution in [3.63, 3.8) is 0 Å². The number of carbonyl (C=O) groups excluding carboxylic acids is 2. The van der Waals surface area contributed by atoms with E-state index in [-0.39, 0.29) is 30.2 Å². The van der Waals surface area contributed by atoms with E-state index >= 15 is 0 Å². The third kappa shape index (κ3) is 3.62. The van der Waals surface area contributed by atoms with Crippen molar-refractivity contribution in [1.29, 1.82) is 0 Å². The Kier molecular flexibility index (Phi) is 5.11. The monoisotopic (exact) mass is 379 g/mol. The minimum atomic E-state index is -2.21. The van der Waals surface area contributed by atoms with Crippen molar-refractivity contribution in [2.24, 2.45) is 5.73 Å². The molecule has 1 aliphatic heterocycles. The van der Waals surface area contributed by atoms with Gasteiger partial charge in [-0.3, -0.25) is 14.0 Å². The Hall–Kier alpha value is -2.97. The number of hydrogen-bond donors (Lipinski definition) is 2. The van der Waals surface area contributed by atoms with Crippen molar-refractivity contribution in [1.82, 2.24) is 10.3 Å². The molecular weight excluding hydrogens is 360 g/mol. The van der Waals surface area contributed by atoms with Gasteiger partial charge in [0.1, 0.15) is 12.4 Å². The number of alkyl halides is 2. The van der Waals surface area contributed by atoms with E-state index in [9.17, 15) is 18.4 Å². The highest BCUT2D eigenvalue weighted by atomic mass is 19.1. The molecule has 3 rings (SSSR count). The lowest BCUT2D eigenvalue weighted by Crippen LogP contribution is -2.35. The maximum absolute atomic E-state index is 14.4. The molecule has 144 valence electrons. The van der Waals surface area contributed by atoms with Crippen LogP contribution in [0.3, 0.4) is 0 Å². The molecule has 1 unspecified atom stereocenters. The number of nitrogens with one attached hydrogen (secondary N) is 1. The summed E-state index contributed by atoms with van der Waals surface area (Å²) in [5.74, 6) is -0.952. The van der Waals surface area contributed by atoms with Crippen molar-refractivity contribution in [2.75, 3.05) is 20.4 Å². The third-order valence-corrected chi connectivity index (χ3v) is 4.54. The fraction of sp³-hybridized carbons (Fsp3) is 0.389. The number of methoxy groups -OCH3 is 1.